The van der Waals surface area contributed by atoms with Gasteiger partial charge in [0.15, 0.2) is 5.76 Å². The van der Waals surface area contributed by atoms with Crippen molar-refractivity contribution >= 4 is 49.1 Å². The van der Waals surface area contributed by atoms with Gasteiger partial charge in [-0.1, -0.05) is 5.16 Å². The zero-order chi connectivity index (χ0) is 25.8. The molecule has 2 atom stereocenters. The largest absolute Gasteiger partial charge is 0.477 e. The van der Waals surface area contributed by atoms with Gasteiger partial charge in [0.25, 0.3) is 11.8 Å². The second-order valence-electron chi connectivity index (χ2n) is 6.77. The van der Waals surface area contributed by atoms with Crippen LogP contribution in [0.2, 0.25) is 0 Å². The van der Waals surface area contributed by atoms with Crippen LogP contribution in [0.5, 0.6) is 0 Å². The van der Waals surface area contributed by atoms with Crippen molar-refractivity contribution in [1.29, 1.82) is 0 Å². The Morgan fingerprint density at radius 3 is 2.60 bits per heavy atom. The molecule has 0 aliphatic carbocycles. The normalized spacial score (nSPS) is 20.0. The first-order chi connectivity index (χ1) is 16.7. The average molecular weight is 532 g/mol. The van der Waals surface area contributed by atoms with Crippen LogP contribution in [0.1, 0.15) is 5.76 Å². The molecular formula is C18H21N4O11PS. The summed E-state index contributed by atoms with van der Waals surface area (Å²) in [6.45, 7) is -0.509. The zero-order valence-corrected chi connectivity index (χ0v) is 20.3. The summed E-state index contributed by atoms with van der Waals surface area (Å²) in [5.41, 5.74) is -0.465. The lowest BCUT2D eigenvalue weighted by molar-refractivity contribution is -0.150. The van der Waals surface area contributed by atoms with E-state index in [1.165, 1.54) is 25.5 Å². The number of carbonyl (C=O) groups excluding carboxylic acids is 3. The summed E-state index contributed by atoms with van der Waals surface area (Å²) >= 11 is 1.15. The number of amides is 3. The molecule has 0 spiro atoms. The summed E-state index contributed by atoms with van der Waals surface area (Å²) in [5.74, 6) is -2.69. The fraction of sp³-hybridized carbons (Fsp3) is 0.389. The molecule has 0 aromatic carbocycles. The van der Waals surface area contributed by atoms with Crippen molar-refractivity contribution in [2.45, 2.75) is 11.4 Å². The highest BCUT2D eigenvalue weighted by molar-refractivity contribution is 8.00. The van der Waals surface area contributed by atoms with Crippen LogP contribution in [-0.4, -0.2) is 84.7 Å². The number of β-lactam (4-membered cyclic amide) rings is 1. The van der Waals surface area contributed by atoms with Crippen LogP contribution in [0.15, 0.2) is 39.2 Å². The molecule has 3 heterocycles. The highest BCUT2D eigenvalue weighted by atomic mass is 32.2. The molecule has 1 fully saturated rings. The number of carboxylic acids is 1. The number of ether oxygens (including phenoxy) is 1. The molecule has 3 amide bonds. The number of oxime groups is 1. The number of hydrogen-bond donors (Lipinski definition) is 3. The van der Waals surface area contributed by atoms with Gasteiger partial charge in [0.1, 0.15) is 30.8 Å². The minimum absolute atomic E-state index is 0.0686. The van der Waals surface area contributed by atoms with E-state index in [9.17, 15) is 28.8 Å². The number of nitrogens with one attached hydrogen (secondary N) is 2. The van der Waals surface area contributed by atoms with Crippen molar-refractivity contribution in [3.8, 4) is 0 Å². The first-order valence-electron chi connectivity index (χ1n) is 9.68. The minimum Gasteiger partial charge on any atom is -0.477 e. The van der Waals surface area contributed by atoms with Crippen LogP contribution in [0, 0.1) is 0 Å². The topological polar surface area (TPSA) is 195 Å². The number of rotatable bonds is 10. The predicted molar refractivity (Wildman–Crippen MR) is 118 cm³/mol. The summed E-state index contributed by atoms with van der Waals surface area (Å²) in [6, 6.07) is 1.98. The Labute approximate surface area is 202 Å². The Morgan fingerprint density at radius 2 is 2.03 bits per heavy atom. The molecule has 3 rings (SSSR count). The number of furan rings is 1. The molecule has 0 saturated carbocycles. The predicted octanol–water partition coefficient (Wildman–Crippen LogP) is 0.496. The SMILES string of the molecule is CON=C(C(=O)NC1C(=O)N2C(C(=O)O)=C(COC(=O)NP(=O)(OC)OC)CS[C@@H]12)c1ccco1. The summed E-state index contributed by atoms with van der Waals surface area (Å²) in [5, 5.41) is 17.0. The van der Waals surface area contributed by atoms with Gasteiger partial charge in [-0.2, -0.15) is 0 Å². The van der Waals surface area contributed by atoms with E-state index in [2.05, 4.69) is 24.4 Å². The Hall–Kier alpha value is -3.33. The molecule has 190 valence electrons. The molecule has 1 aromatic rings. The van der Waals surface area contributed by atoms with E-state index in [1.54, 1.807) is 0 Å². The molecule has 15 nitrogen and oxygen atoms in total. The maximum atomic E-state index is 12.8. The monoisotopic (exact) mass is 532 g/mol. The molecule has 0 radical (unpaired) electrons. The van der Waals surface area contributed by atoms with E-state index in [1.807, 2.05) is 5.09 Å². The fourth-order valence-electron chi connectivity index (χ4n) is 3.17. The van der Waals surface area contributed by atoms with E-state index in [0.717, 1.165) is 30.9 Å². The maximum absolute atomic E-state index is 12.8. The van der Waals surface area contributed by atoms with Gasteiger partial charge in [-0.15, -0.1) is 11.8 Å². The minimum atomic E-state index is -3.91. The molecule has 2 aliphatic heterocycles. The molecule has 1 saturated heterocycles. The quantitative estimate of drug-likeness (QED) is 0.164. The maximum Gasteiger partial charge on any atom is 0.437 e. The van der Waals surface area contributed by atoms with E-state index in [0.29, 0.717) is 0 Å². The Balaban J connectivity index is 1.70. The van der Waals surface area contributed by atoms with Gasteiger partial charge in [-0.25, -0.2) is 19.2 Å². The van der Waals surface area contributed by atoms with E-state index in [-0.39, 0.29) is 28.5 Å². The molecule has 2 aliphatic rings. The van der Waals surface area contributed by atoms with Gasteiger partial charge < -0.3 is 24.4 Å². The highest BCUT2D eigenvalue weighted by Gasteiger charge is 2.54. The third-order valence-corrected chi connectivity index (χ3v) is 7.53. The molecule has 17 heteroatoms. The first-order valence-corrected chi connectivity index (χ1v) is 12.3. The third-order valence-electron chi connectivity index (χ3n) is 4.78. The van der Waals surface area contributed by atoms with E-state index >= 15 is 0 Å². The van der Waals surface area contributed by atoms with Gasteiger partial charge in [0, 0.05) is 25.5 Å². The van der Waals surface area contributed by atoms with Crippen molar-refractivity contribution in [1.82, 2.24) is 15.3 Å². The summed E-state index contributed by atoms with van der Waals surface area (Å²) in [4.78, 5) is 54.9. The highest BCUT2D eigenvalue weighted by Crippen LogP contribution is 2.42. The van der Waals surface area contributed by atoms with Crippen molar-refractivity contribution in [3.63, 3.8) is 0 Å². The number of aliphatic carboxylic acids is 1. The van der Waals surface area contributed by atoms with Crippen LogP contribution >= 0.6 is 19.5 Å². The summed E-state index contributed by atoms with van der Waals surface area (Å²) in [7, 11) is -0.566. The number of nitrogens with zero attached hydrogens (tertiary/aromatic N) is 2. The summed E-state index contributed by atoms with van der Waals surface area (Å²) in [6.07, 6.45) is 0.155. The zero-order valence-electron chi connectivity index (χ0n) is 18.6. The molecular weight excluding hydrogens is 511 g/mol. The number of thioether (sulfide) groups is 1. The van der Waals surface area contributed by atoms with Crippen LogP contribution in [0.4, 0.5) is 4.79 Å². The molecule has 35 heavy (non-hydrogen) atoms. The van der Waals surface area contributed by atoms with Crippen molar-refractivity contribution in [2.75, 3.05) is 33.7 Å². The van der Waals surface area contributed by atoms with Crippen molar-refractivity contribution in [3.05, 3.63) is 35.4 Å². The summed E-state index contributed by atoms with van der Waals surface area (Å²) < 4.78 is 31.2. The van der Waals surface area contributed by atoms with Crippen molar-refractivity contribution in [2.24, 2.45) is 5.16 Å². The third kappa shape index (κ3) is 5.51. The van der Waals surface area contributed by atoms with Gasteiger partial charge in [-0.05, 0) is 12.1 Å². The number of carbonyl (C=O) groups is 4. The fourth-order valence-corrected chi connectivity index (χ4v) is 5.12. The number of hydrogen-bond acceptors (Lipinski definition) is 12. The smallest absolute Gasteiger partial charge is 0.437 e. The van der Waals surface area contributed by atoms with Gasteiger partial charge in [-0.3, -0.25) is 23.5 Å². The lowest BCUT2D eigenvalue weighted by Crippen LogP contribution is -2.71. The lowest BCUT2D eigenvalue weighted by atomic mass is 10.0. The number of carboxylic acid groups (broad SMARTS) is 1. The first kappa shape index (κ1) is 26.3. The van der Waals surface area contributed by atoms with Crippen LogP contribution in [0.25, 0.3) is 0 Å². The Kier molecular flexibility index (Phi) is 8.22. The second kappa shape index (κ2) is 10.9. The lowest BCUT2D eigenvalue weighted by Gasteiger charge is -2.49. The molecule has 1 aromatic heterocycles. The van der Waals surface area contributed by atoms with Crippen molar-refractivity contribution < 1.29 is 51.9 Å². The second-order valence-corrected chi connectivity index (χ2v) is 9.82. The standard InChI is InChI=1S/C18H21N4O11PS/c1-29-20-11(10-5-4-6-32-10)14(23)19-12-15(24)22-13(17(25)26)9(8-35-16(12)22)7-33-18(27)21-34(28,30-2)31-3/h4-6,12,16H,7-8H2,1-3H3,(H,19,23)(H,25,26)(H,21,27,28)/t12?,16-/m0/s1. The van der Waals surface area contributed by atoms with Crippen LogP contribution in [0.3, 0.4) is 0 Å². The number of fused-ring (bicyclic) bond motifs is 1. The molecule has 1 unspecified atom stereocenters. The van der Waals surface area contributed by atoms with Gasteiger partial charge in [0.2, 0.25) is 5.71 Å². The van der Waals surface area contributed by atoms with Gasteiger partial charge >= 0.3 is 19.8 Å². The average Bonchev–Trinajstić information content (AvgIpc) is 3.38. The van der Waals surface area contributed by atoms with E-state index in [4.69, 9.17) is 9.15 Å². The Morgan fingerprint density at radius 1 is 1.31 bits per heavy atom. The molecule has 3 N–H and O–H groups in total. The van der Waals surface area contributed by atoms with E-state index < -0.39 is 49.6 Å². The molecule has 0 bridgehead atoms. The van der Waals surface area contributed by atoms with Crippen LogP contribution in [-0.2, 0) is 37.6 Å². The van der Waals surface area contributed by atoms with Gasteiger partial charge in [0.05, 0.1) is 6.26 Å². The Bertz CT molecular complexity index is 1110. The van der Waals surface area contributed by atoms with Crippen LogP contribution < -0.4 is 10.4 Å².